The van der Waals surface area contributed by atoms with Crippen molar-refractivity contribution in [3.8, 4) is 5.75 Å². The van der Waals surface area contributed by atoms with E-state index in [4.69, 9.17) is 9.47 Å². The Bertz CT molecular complexity index is 581. The predicted molar refractivity (Wildman–Crippen MR) is 90.1 cm³/mol. The second-order valence-corrected chi connectivity index (χ2v) is 6.21. The predicted octanol–water partition coefficient (Wildman–Crippen LogP) is 1.73. The average Bonchev–Trinajstić information content (AvgIpc) is 3.23. The molecule has 2 aliphatic rings. The minimum atomic E-state index is -0.300. The van der Waals surface area contributed by atoms with Gasteiger partial charge < -0.3 is 19.7 Å². The summed E-state index contributed by atoms with van der Waals surface area (Å²) in [6.07, 6.45) is 2.41. The lowest BCUT2D eigenvalue weighted by molar-refractivity contribution is -0.126. The van der Waals surface area contributed by atoms with Gasteiger partial charge in [-0.25, -0.2) is 0 Å². The number of benzene rings is 1. The number of nitrogens with one attached hydrogen (secondary N) is 1. The molecule has 2 amide bonds. The van der Waals surface area contributed by atoms with Crippen LogP contribution in [0, 0.1) is 5.92 Å². The molecule has 3 rings (SSSR count). The molecule has 1 aromatic rings. The van der Waals surface area contributed by atoms with Crippen molar-refractivity contribution in [2.24, 2.45) is 5.92 Å². The van der Waals surface area contributed by atoms with Gasteiger partial charge in [0, 0.05) is 31.8 Å². The Morgan fingerprint density at radius 3 is 2.83 bits per heavy atom. The topological polar surface area (TPSA) is 67.9 Å². The summed E-state index contributed by atoms with van der Waals surface area (Å²) < 4.78 is 10.9. The minimum Gasteiger partial charge on any atom is -0.494 e. The number of rotatable bonds is 6. The van der Waals surface area contributed by atoms with Gasteiger partial charge in [0.15, 0.2) is 0 Å². The quantitative estimate of drug-likeness (QED) is 0.861. The van der Waals surface area contributed by atoms with Gasteiger partial charge in [0.2, 0.25) is 11.8 Å². The van der Waals surface area contributed by atoms with Crippen LogP contribution in [-0.4, -0.2) is 44.2 Å². The fourth-order valence-electron chi connectivity index (χ4n) is 3.19. The third-order valence-corrected chi connectivity index (χ3v) is 4.48. The summed E-state index contributed by atoms with van der Waals surface area (Å²) in [5.41, 5.74) is 0.804. The highest BCUT2D eigenvalue weighted by Gasteiger charge is 2.35. The summed E-state index contributed by atoms with van der Waals surface area (Å²) in [5, 5.41) is 2.92. The molecule has 0 radical (unpaired) electrons. The van der Waals surface area contributed by atoms with Crippen LogP contribution in [0.5, 0.6) is 5.75 Å². The van der Waals surface area contributed by atoms with Crippen molar-refractivity contribution in [3.63, 3.8) is 0 Å². The molecule has 6 nitrogen and oxygen atoms in total. The van der Waals surface area contributed by atoms with E-state index in [0.717, 1.165) is 30.9 Å². The highest BCUT2D eigenvalue weighted by atomic mass is 16.5. The monoisotopic (exact) mass is 332 g/mol. The van der Waals surface area contributed by atoms with Gasteiger partial charge in [-0.05, 0) is 44.0 Å². The zero-order valence-electron chi connectivity index (χ0n) is 14.0. The summed E-state index contributed by atoms with van der Waals surface area (Å²) >= 11 is 0. The molecule has 0 unspecified atom stereocenters. The molecular formula is C18H24N2O4. The first-order valence-corrected chi connectivity index (χ1v) is 8.60. The number of ether oxygens (including phenoxy) is 2. The van der Waals surface area contributed by atoms with Crippen LogP contribution in [0.3, 0.4) is 0 Å². The van der Waals surface area contributed by atoms with Gasteiger partial charge >= 0.3 is 0 Å². The molecule has 0 bridgehead atoms. The van der Waals surface area contributed by atoms with E-state index in [2.05, 4.69) is 5.32 Å². The summed E-state index contributed by atoms with van der Waals surface area (Å²) in [6.45, 7) is 4.26. The highest BCUT2D eigenvalue weighted by molar-refractivity contribution is 6.00. The molecule has 2 aliphatic heterocycles. The van der Waals surface area contributed by atoms with E-state index in [1.165, 1.54) is 0 Å². The van der Waals surface area contributed by atoms with E-state index in [0.29, 0.717) is 19.7 Å². The number of amides is 2. The zero-order valence-corrected chi connectivity index (χ0v) is 14.0. The number of nitrogens with zero attached hydrogens (tertiary/aromatic N) is 1. The SMILES string of the molecule is CCOc1ccc(N2C[C@@H](C(=O)NC[C@H]3CCCO3)CC2=O)cc1. The molecule has 1 N–H and O–H groups in total. The van der Waals surface area contributed by atoms with Crippen molar-refractivity contribution < 1.29 is 19.1 Å². The molecule has 2 saturated heterocycles. The fourth-order valence-corrected chi connectivity index (χ4v) is 3.19. The number of carbonyl (C=O) groups excluding carboxylic acids is 2. The van der Waals surface area contributed by atoms with E-state index < -0.39 is 0 Å². The normalized spacial score (nSPS) is 23.5. The van der Waals surface area contributed by atoms with E-state index >= 15 is 0 Å². The third-order valence-electron chi connectivity index (χ3n) is 4.48. The van der Waals surface area contributed by atoms with Crippen molar-refractivity contribution in [1.29, 1.82) is 0 Å². The van der Waals surface area contributed by atoms with Gasteiger partial charge in [-0.1, -0.05) is 0 Å². The first-order chi connectivity index (χ1) is 11.7. The summed E-state index contributed by atoms with van der Waals surface area (Å²) in [5.74, 6) is 0.396. The summed E-state index contributed by atoms with van der Waals surface area (Å²) in [6, 6.07) is 7.40. The third kappa shape index (κ3) is 3.87. The molecule has 2 fully saturated rings. The lowest BCUT2D eigenvalue weighted by atomic mass is 10.1. The summed E-state index contributed by atoms with van der Waals surface area (Å²) in [7, 11) is 0. The first kappa shape index (κ1) is 16.8. The fraction of sp³-hybridized carbons (Fsp3) is 0.556. The maximum atomic E-state index is 12.3. The Hall–Kier alpha value is -2.08. The molecule has 1 aromatic carbocycles. The lowest BCUT2D eigenvalue weighted by Crippen LogP contribution is -2.37. The standard InChI is InChI=1S/C18H24N2O4/c1-2-23-15-7-5-14(6-8-15)20-12-13(10-17(20)21)18(22)19-11-16-4-3-9-24-16/h5-8,13,16H,2-4,9-12H2,1H3,(H,19,22)/t13-,16+/m0/s1. The Morgan fingerprint density at radius 2 is 2.17 bits per heavy atom. The van der Waals surface area contributed by atoms with Crippen LogP contribution in [0.15, 0.2) is 24.3 Å². The molecule has 0 saturated carbocycles. The second kappa shape index (κ2) is 7.66. The smallest absolute Gasteiger partial charge is 0.227 e. The van der Waals surface area contributed by atoms with Crippen LogP contribution < -0.4 is 15.0 Å². The van der Waals surface area contributed by atoms with Crippen molar-refractivity contribution >= 4 is 17.5 Å². The van der Waals surface area contributed by atoms with Crippen LogP contribution in [0.4, 0.5) is 5.69 Å². The van der Waals surface area contributed by atoms with Gasteiger partial charge in [-0.2, -0.15) is 0 Å². The number of hydrogen-bond donors (Lipinski definition) is 1. The van der Waals surface area contributed by atoms with E-state index in [1.54, 1.807) is 4.90 Å². The van der Waals surface area contributed by atoms with Crippen molar-refractivity contribution in [3.05, 3.63) is 24.3 Å². The molecule has 2 heterocycles. The second-order valence-electron chi connectivity index (χ2n) is 6.21. The Labute approximate surface area is 142 Å². The van der Waals surface area contributed by atoms with Crippen LogP contribution >= 0.6 is 0 Å². The van der Waals surface area contributed by atoms with Gasteiger partial charge in [-0.3, -0.25) is 9.59 Å². The Morgan fingerprint density at radius 1 is 1.38 bits per heavy atom. The molecule has 24 heavy (non-hydrogen) atoms. The van der Waals surface area contributed by atoms with E-state index in [-0.39, 0.29) is 30.3 Å². The molecular weight excluding hydrogens is 308 g/mol. The molecule has 0 aliphatic carbocycles. The van der Waals surface area contributed by atoms with Gasteiger partial charge in [-0.15, -0.1) is 0 Å². The summed E-state index contributed by atoms with van der Waals surface area (Å²) in [4.78, 5) is 26.2. The zero-order chi connectivity index (χ0) is 16.9. The largest absolute Gasteiger partial charge is 0.494 e. The van der Waals surface area contributed by atoms with Crippen LogP contribution in [0.25, 0.3) is 0 Å². The van der Waals surface area contributed by atoms with Crippen molar-refractivity contribution in [2.75, 3.05) is 31.2 Å². The van der Waals surface area contributed by atoms with Gasteiger partial charge in [0.25, 0.3) is 0 Å². The van der Waals surface area contributed by atoms with Gasteiger partial charge in [0.1, 0.15) is 5.75 Å². The molecule has 0 aromatic heterocycles. The molecule has 130 valence electrons. The van der Waals surface area contributed by atoms with E-state index in [9.17, 15) is 9.59 Å². The van der Waals surface area contributed by atoms with E-state index in [1.807, 2.05) is 31.2 Å². The Kier molecular flexibility index (Phi) is 5.35. The minimum absolute atomic E-state index is 0.0172. The molecule has 0 spiro atoms. The van der Waals surface area contributed by atoms with Gasteiger partial charge in [0.05, 0.1) is 18.6 Å². The van der Waals surface area contributed by atoms with Crippen molar-refractivity contribution in [2.45, 2.75) is 32.3 Å². The Balaban J connectivity index is 1.55. The van der Waals surface area contributed by atoms with Crippen LogP contribution in [0.1, 0.15) is 26.2 Å². The van der Waals surface area contributed by atoms with Crippen molar-refractivity contribution in [1.82, 2.24) is 5.32 Å². The number of anilines is 1. The number of carbonyl (C=O) groups is 2. The molecule has 2 atom stereocenters. The maximum absolute atomic E-state index is 12.3. The first-order valence-electron chi connectivity index (χ1n) is 8.60. The van der Waals surface area contributed by atoms with Crippen LogP contribution in [0.2, 0.25) is 0 Å². The highest BCUT2D eigenvalue weighted by Crippen LogP contribution is 2.27. The van der Waals surface area contributed by atoms with Crippen LogP contribution in [-0.2, 0) is 14.3 Å². The maximum Gasteiger partial charge on any atom is 0.227 e. The number of hydrogen-bond acceptors (Lipinski definition) is 4. The average molecular weight is 332 g/mol. The lowest BCUT2D eigenvalue weighted by Gasteiger charge is -2.17. The molecule has 6 heteroatoms.